The van der Waals surface area contributed by atoms with E-state index >= 15 is 0 Å². The minimum Gasteiger partial charge on any atom is -0.376 e. The number of amides is 1. The number of aryl methyl sites for hydroxylation is 2. The van der Waals surface area contributed by atoms with Gasteiger partial charge in [0.15, 0.2) is 0 Å². The third-order valence-electron chi connectivity index (χ3n) is 5.92. The molecule has 1 aromatic heterocycles. The van der Waals surface area contributed by atoms with Gasteiger partial charge in [-0.3, -0.25) is 4.79 Å². The van der Waals surface area contributed by atoms with Crippen molar-refractivity contribution in [2.24, 2.45) is 0 Å². The number of hydrogen-bond acceptors (Lipinski definition) is 6. The molecule has 0 spiro atoms. The van der Waals surface area contributed by atoms with Gasteiger partial charge in [-0.15, -0.1) is 0 Å². The molecule has 0 radical (unpaired) electrons. The summed E-state index contributed by atoms with van der Waals surface area (Å²) in [6, 6.07) is 8.88. The average Bonchev–Trinajstić information content (AvgIpc) is 3.31. The van der Waals surface area contributed by atoms with Crippen molar-refractivity contribution in [1.29, 1.82) is 0 Å². The van der Waals surface area contributed by atoms with E-state index in [2.05, 4.69) is 10.3 Å². The molecule has 172 valence electrons. The first-order valence-electron chi connectivity index (χ1n) is 11.0. The van der Waals surface area contributed by atoms with Crippen LogP contribution in [0.15, 0.2) is 41.4 Å². The number of anilines is 1. The van der Waals surface area contributed by atoms with Gasteiger partial charge in [0.25, 0.3) is 5.91 Å². The van der Waals surface area contributed by atoms with Crippen molar-refractivity contribution in [3.8, 4) is 0 Å². The first-order chi connectivity index (χ1) is 15.3. The van der Waals surface area contributed by atoms with Gasteiger partial charge in [0, 0.05) is 45.5 Å². The van der Waals surface area contributed by atoms with E-state index in [-0.39, 0.29) is 12.0 Å². The lowest BCUT2D eigenvalue weighted by Crippen LogP contribution is -2.49. The fourth-order valence-corrected chi connectivity index (χ4v) is 5.92. The van der Waals surface area contributed by atoms with Crippen molar-refractivity contribution < 1.29 is 17.9 Å². The van der Waals surface area contributed by atoms with E-state index in [0.717, 1.165) is 30.6 Å². The van der Waals surface area contributed by atoms with Crippen LogP contribution in [0.1, 0.15) is 34.3 Å². The van der Waals surface area contributed by atoms with Crippen LogP contribution in [0.4, 0.5) is 5.82 Å². The van der Waals surface area contributed by atoms with Crippen LogP contribution in [0.25, 0.3) is 0 Å². The summed E-state index contributed by atoms with van der Waals surface area (Å²) in [6.45, 7) is 6.63. The summed E-state index contributed by atoms with van der Waals surface area (Å²) in [6.07, 6.45) is 3.70. The van der Waals surface area contributed by atoms with E-state index in [9.17, 15) is 13.2 Å². The van der Waals surface area contributed by atoms with Crippen LogP contribution >= 0.6 is 0 Å². The molecule has 1 aromatic carbocycles. The summed E-state index contributed by atoms with van der Waals surface area (Å²) in [5.41, 5.74) is 2.35. The summed E-state index contributed by atoms with van der Waals surface area (Å²) in [5, 5.41) is 2.95. The normalized spacial score (nSPS) is 19.8. The standard InChI is InChI=1S/C23H30N4O4S/c1-17-13-18(2)15-20(14-17)32(29,30)27-10-8-26(9-11-27)22-21(6-3-7-24-22)23(28)25-16-19-5-4-12-31-19/h3,6-7,13-15,19H,4-5,8-12,16H2,1-2H3,(H,25,28). The molecular weight excluding hydrogens is 428 g/mol. The van der Waals surface area contributed by atoms with Gasteiger partial charge in [-0.25, -0.2) is 13.4 Å². The zero-order valence-electron chi connectivity index (χ0n) is 18.6. The largest absolute Gasteiger partial charge is 0.376 e. The summed E-state index contributed by atoms with van der Waals surface area (Å²) in [7, 11) is -3.56. The number of benzene rings is 1. The molecule has 4 rings (SSSR count). The molecular formula is C23H30N4O4S. The molecule has 2 aliphatic rings. The van der Waals surface area contributed by atoms with Crippen molar-refractivity contribution >= 4 is 21.7 Å². The van der Waals surface area contributed by atoms with Crippen LogP contribution in [0.5, 0.6) is 0 Å². The van der Waals surface area contributed by atoms with Crippen LogP contribution in [0.3, 0.4) is 0 Å². The van der Waals surface area contributed by atoms with Gasteiger partial charge >= 0.3 is 0 Å². The molecule has 0 saturated carbocycles. The maximum Gasteiger partial charge on any atom is 0.255 e. The highest BCUT2D eigenvalue weighted by atomic mass is 32.2. The lowest BCUT2D eigenvalue weighted by molar-refractivity contribution is 0.0858. The smallest absolute Gasteiger partial charge is 0.255 e. The number of carbonyl (C=O) groups excluding carboxylic acids is 1. The molecule has 3 heterocycles. The van der Waals surface area contributed by atoms with Gasteiger partial charge in [0.2, 0.25) is 10.0 Å². The predicted octanol–water partition coefficient (Wildman–Crippen LogP) is 2.12. The Balaban J connectivity index is 1.43. The molecule has 1 unspecified atom stereocenters. The minimum atomic E-state index is -3.56. The maximum atomic E-state index is 13.1. The Hall–Kier alpha value is -2.49. The van der Waals surface area contributed by atoms with E-state index in [0.29, 0.717) is 49.0 Å². The highest BCUT2D eigenvalue weighted by Gasteiger charge is 2.30. The Labute approximate surface area is 189 Å². The van der Waals surface area contributed by atoms with E-state index < -0.39 is 10.0 Å². The molecule has 2 fully saturated rings. The molecule has 0 bridgehead atoms. The Morgan fingerprint density at radius 3 is 2.53 bits per heavy atom. The number of piperazine rings is 1. The highest BCUT2D eigenvalue weighted by Crippen LogP contribution is 2.24. The monoisotopic (exact) mass is 458 g/mol. The van der Waals surface area contributed by atoms with Gasteiger partial charge < -0.3 is 15.0 Å². The molecule has 1 N–H and O–H groups in total. The first-order valence-corrected chi connectivity index (χ1v) is 12.5. The van der Waals surface area contributed by atoms with E-state index in [4.69, 9.17) is 4.74 Å². The Morgan fingerprint density at radius 2 is 1.88 bits per heavy atom. The van der Waals surface area contributed by atoms with Crippen LogP contribution in [0, 0.1) is 13.8 Å². The zero-order chi connectivity index (χ0) is 22.7. The molecule has 1 atom stereocenters. The molecule has 2 aromatic rings. The van der Waals surface area contributed by atoms with Crippen molar-refractivity contribution in [3.63, 3.8) is 0 Å². The summed E-state index contributed by atoms with van der Waals surface area (Å²) >= 11 is 0. The number of pyridine rings is 1. The number of nitrogens with one attached hydrogen (secondary N) is 1. The lowest BCUT2D eigenvalue weighted by atomic mass is 10.2. The molecule has 2 saturated heterocycles. The second-order valence-corrected chi connectivity index (χ2v) is 10.4. The van der Waals surface area contributed by atoms with Crippen LogP contribution in [-0.4, -0.2) is 69.0 Å². The van der Waals surface area contributed by atoms with Crippen molar-refractivity contribution in [3.05, 3.63) is 53.2 Å². The van der Waals surface area contributed by atoms with Crippen LogP contribution in [-0.2, 0) is 14.8 Å². The highest BCUT2D eigenvalue weighted by molar-refractivity contribution is 7.89. The second-order valence-electron chi connectivity index (χ2n) is 8.43. The molecule has 8 nitrogen and oxygen atoms in total. The molecule has 2 aliphatic heterocycles. The molecule has 9 heteroatoms. The van der Waals surface area contributed by atoms with E-state index in [1.807, 2.05) is 24.8 Å². The molecule has 1 amide bonds. The fourth-order valence-electron chi connectivity index (χ4n) is 4.30. The van der Waals surface area contributed by atoms with Gasteiger partial charge in [0.1, 0.15) is 5.82 Å². The molecule has 0 aliphatic carbocycles. The van der Waals surface area contributed by atoms with Gasteiger partial charge in [-0.05, 0) is 62.1 Å². The SMILES string of the molecule is Cc1cc(C)cc(S(=O)(=O)N2CCN(c3ncccc3C(=O)NCC3CCCO3)CC2)c1. The summed E-state index contributed by atoms with van der Waals surface area (Å²) < 4.78 is 33.4. The second kappa shape index (κ2) is 9.56. The van der Waals surface area contributed by atoms with Crippen LogP contribution < -0.4 is 10.2 Å². The summed E-state index contributed by atoms with van der Waals surface area (Å²) in [4.78, 5) is 19.5. The Morgan fingerprint density at radius 1 is 1.16 bits per heavy atom. The van der Waals surface area contributed by atoms with Gasteiger partial charge in [0.05, 0.1) is 16.6 Å². The Kier molecular flexibility index (Phi) is 6.78. The van der Waals surface area contributed by atoms with Crippen molar-refractivity contribution in [2.45, 2.75) is 37.7 Å². The average molecular weight is 459 g/mol. The topological polar surface area (TPSA) is 91.8 Å². The first kappa shape index (κ1) is 22.7. The number of carbonyl (C=O) groups is 1. The minimum absolute atomic E-state index is 0.0677. The number of nitrogens with zero attached hydrogens (tertiary/aromatic N) is 3. The third kappa shape index (κ3) is 4.95. The van der Waals surface area contributed by atoms with Crippen molar-refractivity contribution in [1.82, 2.24) is 14.6 Å². The third-order valence-corrected chi connectivity index (χ3v) is 7.79. The number of sulfonamides is 1. The van der Waals surface area contributed by atoms with Gasteiger partial charge in [-0.2, -0.15) is 4.31 Å². The van der Waals surface area contributed by atoms with Crippen molar-refractivity contribution in [2.75, 3.05) is 44.2 Å². The Bertz CT molecular complexity index is 1050. The zero-order valence-corrected chi connectivity index (χ0v) is 19.4. The van der Waals surface area contributed by atoms with Gasteiger partial charge in [-0.1, -0.05) is 6.07 Å². The quantitative estimate of drug-likeness (QED) is 0.713. The maximum absolute atomic E-state index is 13.1. The number of hydrogen-bond donors (Lipinski definition) is 1. The number of ether oxygens (including phenoxy) is 1. The number of aromatic nitrogens is 1. The van der Waals surface area contributed by atoms with E-state index in [1.165, 1.54) is 4.31 Å². The lowest BCUT2D eigenvalue weighted by Gasteiger charge is -2.35. The number of rotatable bonds is 6. The predicted molar refractivity (Wildman–Crippen MR) is 122 cm³/mol. The van der Waals surface area contributed by atoms with Crippen LogP contribution in [0.2, 0.25) is 0 Å². The fraction of sp³-hybridized carbons (Fsp3) is 0.478. The summed E-state index contributed by atoms with van der Waals surface area (Å²) in [5.74, 6) is 0.398. The van der Waals surface area contributed by atoms with E-state index in [1.54, 1.807) is 30.5 Å². The molecule has 32 heavy (non-hydrogen) atoms.